The van der Waals surface area contributed by atoms with Crippen molar-refractivity contribution in [1.82, 2.24) is 15.1 Å². The minimum absolute atomic E-state index is 0.115. The smallest absolute Gasteiger partial charge is 0.0628 e. The van der Waals surface area contributed by atoms with Crippen molar-refractivity contribution < 1.29 is 5.11 Å². The molecule has 0 spiro atoms. The molecule has 0 saturated heterocycles. The third-order valence-electron chi connectivity index (χ3n) is 3.39. The van der Waals surface area contributed by atoms with Crippen LogP contribution in [0.2, 0.25) is 0 Å². The Morgan fingerprint density at radius 2 is 2.00 bits per heavy atom. The average molecular weight is 239 g/mol. The number of rotatable bonds is 6. The molecule has 0 aliphatic carbocycles. The van der Waals surface area contributed by atoms with Crippen LogP contribution >= 0.6 is 0 Å². The molecule has 0 aliphatic heterocycles. The van der Waals surface area contributed by atoms with Crippen LogP contribution in [-0.2, 0) is 6.54 Å². The van der Waals surface area contributed by atoms with E-state index in [1.165, 1.54) is 11.3 Å². The molecular weight excluding hydrogens is 214 g/mol. The van der Waals surface area contributed by atoms with E-state index in [2.05, 4.69) is 31.2 Å². The molecule has 0 radical (unpaired) electrons. The fraction of sp³-hybridized carbons (Fsp3) is 0.769. The molecule has 1 rings (SSSR count). The largest absolute Gasteiger partial charge is 0.394 e. The van der Waals surface area contributed by atoms with Crippen LogP contribution in [0.5, 0.6) is 0 Å². The van der Waals surface area contributed by atoms with E-state index in [4.69, 9.17) is 0 Å². The maximum absolute atomic E-state index is 9.54. The van der Waals surface area contributed by atoms with Gasteiger partial charge in [-0.3, -0.25) is 4.68 Å². The van der Waals surface area contributed by atoms with Crippen LogP contribution in [0.4, 0.5) is 0 Å². The first-order valence-electron chi connectivity index (χ1n) is 6.30. The Balaban J connectivity index is 2.83. The molecule has 1 heterocycles. The van der Waals surface area contributed by atoms with E-state index in [1.54, 1.807) is 0 Å². The molecule has 1 aromatic rings. The number of hydrogen-bond donors (Lipinski definition) is 2. The molecule has 0 amide bonds. The monoisotopic (exact) mass is 239 g/mol. The number of hydrogen-bond acceptors (Lipinski definition) is 3. The van der Waals surface area contributed by atoms with Crippen molar-refractivity contribution in [3.05, 3.63) is 17.0 Å². The Bertz CT molecular complexity index is 373. The standard InChI is InChI=1S/C13H25N3O/c1-6-7-14-13(5,9-17)8-16-12(4)10(2)11(3)15-16/h14,17H,6-9H2,1-5H3. The number of aliphatic hydroxyl groups excluding tert-OH is 1. The Hall–Kier alpha value is -0.870. The lowest BCUT2D eigenvalue weighted by molar-refractivity contribution is 0.152. The molecule has 1 atom stereocenters. The molecule has 1 unspecified atom stereocenters. The zero-order valence-electron chi connectivity index (χ0n) is 11.7. The predicted octanol–water partition coefficient (Wildman–Crippen LogP) is 1.56. The fourth-order valence-electron chi connectivity index (χ4n) is 1.86. The first kappa shape index (κ1) is 14.2. The molecule has 17 heavy (non-hydrogen) atoms. The summed E-state index contributed by atoms with van der Waals surface area (Å²) < 4.78 is 1.99. The minimum Gasteiger partial charge on any atom is -0.394 e. The lowest BCUT2D eigenvalue weighted by Crippen LogP contribution is -2.49. The molecule has 0 aliphatic rings. The zero-order valence-corrected chi connectivity index (χ0v) is 11.7. The third-order valence-corrected chi connectivity index (χ3v) is 3.39. The fourth-order valence-corrected chi connectivity index (χ4v) is 1.86. The van der Waals surface area contributed by atoms with E-state index in [0.29, 0.717) is 6.54 Å². The lowest BCUT2D eigenvalue weighted by atomic mass is 10.0. The van der Waals surface area contributed by atoms with Gasteiger partial charge in [-0.25, -0.2) is 0 Å². The van der Waals surface area contributed by atoms with Crippen molar-refractivity contribution in [3.8, 4) is 0 Å². The highest BCUT2D eigenvalue weighted by Crippen LogP contribution is 2.14. The Morgan fingerprint density at radius 1 is 1.35 bits per heavy atom. The van der Waals surface area contributed by atoms with E-state index in [0.717, 1.165) is 18.7 Å². The summed E-state index contributed by atoms with van der Waals surface area (Å²) in [6, 6.07) is 0. The summed E-state index contributed by atoms with van der Waals surface area (Å²) in [5.74, 6) is 0. The maximum Gasteiger partial charge on any atom is 0.0628 e. The summed E-state index contributed by atoms with van der Waals surface area (Å²) >= 11 is 0. The molecule has 98 valence electrons. The summed E-state index contributed by atoms with van der Waals surface area (Å²) in [7, 11) is 0. The quantitative estimate of drug-likeness (QED) is 0.792. The van der Waals surface area contributed by atoms with Gasteiger partial charge < -0.3 is 10.4 Å². The van der Waals surface area contributed by atoms with Crippen molar-refractivity contribution >= 4 is 0 Å². The summed E-state index contributed by atoms with van der Waals surface area (Å²) in [4.78, 5) is 0. The van der Waals surface area contributed by atoms with E-state index < -0.39 is 0 Å². The molecule has 0 aromatic carbocycles. The van der Waals surface area contributed by atoms with Gasteiger partial charge >= 0.3 is 0 Å². The van der Waals surface area contributed by atoms with E-state index in [1.807, 2.05) is 18.5 Å². The topological polar surface area (TPSA) is 50.1 Å². The van der Waals surface area contributed by atoms with Gasteiger partial charge in [0.1, 0.15) is 0 Å². The van der Waals surface area contributed by atoms with Crippen LogP contribution in [0.3, 0.4) is 0 Å². The van der Waals surface area contributed by atoms with Crippen LogP contribution in [0.1, 0.15) is 37.2 Å². The van der Waals surface area contributed by atoms with Gasteiger partial charge in [0, 0.05) is 5.69 Å². The van der Waals surface area contributed by atoms with Crippen molar-refractivity contribution in [1.29, 1.82) is 0 Å². The van der Waals surface area contributed by atoms with Gasteiger partial charge in [-0.1, -0.05) is 6.92 Å². The Morgan fingerprint density at radius 3 is 2.41 bits per heavy atom. The highest BCUT2D eigenvalue weighted by Gasteiger charge is 2.24. The highest BCUT2D eigenvalue weighted by molar-refractivity contribution is 5.22. The molecule has 1 aromatic heterocycles. The Kier molecular flexibility index (Phi) is 4.71. The van der Waals surface area contributed by atoms with Gasteiger partial charge in [0.25, 0.3) is 0 Å². The number of nitrogens with zero attached hydrogens (tertiary/aromatic N) is 2. The van der Waals surface area contributed by atoms with Gasteiger partial charge in [-0.15, -0.1) is 0 Å². The number of aryl methyl sites for hydroxylation is 1. The van der Waals surface area contributed by atoms with Crippen LogP contribution in [0.25, 0.3) is 0 Å². The van der Waals surface area contributed by atoms with Gasteiger partial charge in [0.15, 0.2) is 0 Å². The summed E-state index contributed by atoms with van der Waals surface area (Å²) in [5, 5.41) is 17.4. The van der Waals surface area contributed by atoms with Crippen LogP contribution < -0.4 is 5.32 Å². The maximum atomic E-state index is 9.54. The van der Waals surface area contributed by atoms with Crippen molar-refractivity contribution in [2.24, 2.45) is 0 Å². The number of aliphatic hydroxyl groups is 1. The second-order valence-corrected chi connectivity index (χ2v) is 5.10. The van der Waals surface area contributed by atoms with E-state index >= 15 is 0 Å². The SMILES string of the molecule is CCCNC(C)(CO)Cn1nc(C)c(C)c1C. The molecule has 0 fully saturated rings. The van der Waals surface area contributed by atoms with Gasteiger partial charge in [-0.05, 0) is 46.2 Å². The van der Waals surface area contributed by atoms with Crippen molar-refractivity contribution in [2.45, 2.75) is 53.1 Å². The molecule has 0 bridgehead atoms. The molecule has 0 saturated carbocycles. The summed E-state index contributed by atoms with van der Waals surface area (Å²) in [5.41, 5.74) is 3.19. The second-order valence-electron chi connectivity index (χ2n) is 5.10. The van der Waals surface area contributed by atoms with Crippen LogP contribution in [0.15, 0.2) is 0 Å². The zero-order chi connectivity index (χ0) is 13.1. The summed E-state index contributed by atoms with van der Waals surface area (Å²) in [6.45, 7) is 12.1. The Labute approximate surface area is 104 Å². The van der Waals surface area contributed by atoms with Crippen molar-refractivity contribution in [2.75, 3.05) is 13.2 Å². The summed E-state index contributed by atoms with van der Waals surface area (Å²) in [6.07, 6.45) is 1.06. The number of nitrogens with one attached hydrogen (secondary N) is 1. The van der Waals surface area contributed by atoms with E-state index in [9.17, 15) is 5.11 Å². The van der Waals surface area contributed by atoms with Gasteiger partial charge in [-0.2, -0.15) is 5.10 Å². The predicted molar refractivity (Wildman–Crippen MR) is 70.2 cm³/mol. The molecule has 4 nitrogen and oxygen atoms in total. The van der Waals surface area contributed by atoms with Crippen LogP contribution in [-0.4, -0.2) is 33.6 Å². The molecular formula is C13H25N3O. The van der Waals surface area contributed by atoms with Crippen molar-refractivity contribution in [3.63, 3.8) is 0 Å². The van der Waals surface area contributed by atoms with Crippen LogP contribution in [0, 0.1) is 20.8 Å². The third kappa shape index (κ3) is 3.30. The lowest BCUT2D eigenvalue weighted by Gasteiger charge is -2.29. The molecule has 4 heteroatoms. The first-order chi connectivity index (χ1) is 7.93. The normalized spacial score (nSPS) is 14.9. The molecule has 2 N–H and O–H groups in total. The average Bonchev–Trinajstić information content (AvgIpc) is 2.54. The first-order valence-corrected chi connectivity index (χ1v) is 6.30. The highest BCUT2D eigenvalue weighted by atomic mass is 16.3. The van der Waals surface area contributed by atoms with Gasteiger partial charge in [0.2, 0.25) is 0 Å². The van der Waals surface area contributed by atoms with Gasteiger partial charge in [0.05, 0.1) is 24.4 Å². The number of aromatic nitrogens is 2. The van der Waals surface area contributed by atoms with E-state index in [-0.39, 0.29) is 12.1 Å². The second kappa shape index (κ2) is 5.65. The minimum atomic E-state index is -0.300.